The SMILES string of the molecule is CCOc1ccc(C(=O)NCCn2nc(-c3ccc(Cl)cc3)ccc2=O)cc1. The average molecular weight is 398 g/mol. The van der Waals surface area contributed by atoms with Gasteiger partial charge in [-0.15, -0.1) is 0 Å². The Bertz CT molecular complexity index is 999. The molecule has 28 heavy (non-hydrogen) atoms. The Kier molecular flexibility index (Phi) is 6.45. The van der Waals surface area contributed by atoms with Gasteiger partial charge in [0.05, 0.1) is 18.8 Å². The first kappa shape index (κ1) is 19.6. The minimum absolute atomic E-state index is 0.218. The fourth-order valence-corrected chi connectivity index (χ4v) is 2.76. The zero-order valence-electron chi connectivity index (χ0n) is 15.4. The molecule has 0 atom stereocenters. The lowest BCUT2D eigenvalue weighted by molar-refractivity contribution is 0.0951. The topological polar surface area (TPSA) is 73.2 Å². The van der Waals surface area contributed by atoms with Crippen LogP contribution in [0.1, 0.15) is 17.3 Å². The summed E-state index contributed by atoms with van der Waals surface area (Å²) >= 11 is 5.91. The lowest BCUT2D eigenvalue weighted by atomic mass is 10.1. The van der Waals surface area contributed by atoms with Crippen molar-refractivity contribution in [3.63, 3.8) is 0 Å². The van der Waals surface area contributed by atoms with Crippen molar-refractivity contribution in [1.29, 1.82) is 0 Å². The molecule has 0 saturated carbocycles. The molecule has 144 valence electrons. The molecule has 0 spiro atoms. The fraction of sp³-hybridized carbons (Fsp3) is 0.190. The number of nitrogens with one attached hydrogen (secondary N) is 1. The average Bonchev–Trinajstić information content (AvgIpc) is 2.71. The van der Waals surface area contributed by atoms with Gasteiger partial charge in [-0.1, -0.05) is 23.7 Å². The molecule has 6 nitrogen and oxygen atoms in total. The smallest absolute Gasteiger partial charge is 0.266 e. The number of amides is 1. The van der Waals surface area contributed by atoms with Crippen LogP contribution in [0.25, 0.3) is 11.3 Å². The van der Waals surface area contributed by atoms with Gasteiger partial charge in [-0.25, -0.2) is 4.68 Å². The van der Waals surface area contributed by atoms with Crippen molar-refractivity contribution in [3.8, 4) is 17.0 Å². The normalized spacial score (nSPS) is 10.5. The van der Waals surface area contributed by atoms with E-state index in [1.54, 1.807) is 42.5 Å². The molecule has 1 heterocycles. The van der Waals surface area contributed by atoms with Gasteiger partial charge >= 0.3 is 0 Å². The largest absolute Gasteiger partial charge is 0.494 e. The van der Waals surface area contributed by atoms with Crippen molar-refractivity contribution in [2.45, 2.75) is 13.5 Å². The molecule has 0 bridgehead atoms. The van der Waals surface area contributed by atoms with E-state index in [1.165, 1.54) is 10.7 Å². The minimum atomic E-state index is -0.229. The maximum absolute atomic E-state index is 12.2. The van der Waals surface area contributed by atoms with E-state index in [-0.39, 0.29) is 24.6 Å². The lowest BCUT2D eigenvalue weighted by Gasteiger charge is -2.09. The van der Waals surface area contributed by atoms with Crippen molar-refractivity contribution in [3.05, 3.63) is 81.6 Å². The molecule has 2 aromatic carbocycles. The Labute approximate surface area is 167 Å². The molecule has 0 fully saturated rings. The van der Waals surface area contributed by atoms with E-state index in [4.69, 9.17) is 16.3 Å². The van der Waals surface area contributed by atoms with Crippen LogP contribution in [0.2, 0.25) is 5.02 Å². The summed E-state index contributed by atoms with van der Waals surface area (Å²) < 4.78 is 6.70. The summed E-state index contributed by atoms with van der Waals surface area (Å²) in [6.07, 6.45) is 0. The molecule has 0 aliphatic carbocycles. The number of carbonyl (C=O) groups is 1. The van der Waals surface area contributed by atoms with Crippen LogP contribution in [0.4, 0.5) is 0 Å². The van der Waals surface area contributed by atoms with E-state index in [1.807, 2.05) is 19.1 Å². The molecule has 0 radical (unpaired) electrons. The van der Waals surface area contributed by atoms with Crippen LogP contribution in [0.3, 0.4) is 0 Å². The molecule has 0 unspecified atom stereocenters. The second kappa shape index (κ2) is 9.19. The summed E-state index contributed by atoms with van der Waals surface area (Å²) in [7, 11) is 0. The van der Waals surface area contributed by atoms with Crippen LogP contribution >= 0.6 is 11.6 Å². The van der Waals surface area contributed by atoms with Crippen molar-refractivity contribution in [1.82, 2.24) is 15.1 Å². The zero-order chi connectivity index (χ0) is 19.9. The van der Waals surface area contributed by atoms with Crippen LogP contribution in [0.15, 0.2) is 65.5 Å². The first-order valence-electron chi connectivity index (χ1n) is 8.92. The van der Waals surface area contributed by atoms with Crippen LogP contribution in [-0.4, -0.2) is 28.8 Å². The third-order valence-corrected chi connectivity index (χ3v) is 4.30. The summed E-state index contributed by atoms with van der Waals surface area (Å²) in [5.74, 6) is 0.499. The molecule has 3 aromatic rings. The molecule has 0 aliphatic heterocycles. The van der Waals surface area contributed by atoms with Crippen molar-refractivity contribution >= 4 is 17.5 Å². The summed E-state index contributed by atoms with van der Waals surface area (Å²) in [6.45, 7) is 3.02. The number of rotatable bonds is 7. The van der Waals surface area contributed by atoms with E-state index >= 15 is 0 Å². The highest BCUT2D eigenvalue weighted by atomic mass is 35.5. The number of aromatic nitrogens is 2. The molecule has 1 N–H and O–H groups in total. The number of carbonyl (C=O) groups excluding carboxylic acids is 1. The summed E-state index contributed by atoms with van der Waals surface area (Å²) in [5, 5.41) is 7.80. The van der Waals surface area contributed by atoms with Gasteiger partial charge in [-0.05, 0) is 49.4 Å². The zero-order valence-corrected chi connectivity index (χ0v) is 16.1. The summed E-state index contributed by atoms with van der Waals surface area (Å²) in [6, 6.07) is 17.3. The van der Waals surface area contributed by atoms with Gasteiger partial charge in [0.15, 0.2) is 0 Å². The van der Waals surface area contributed by atoms with E-state index in [2.05, 4.69) is 10.4 Å². The van der Waals surface area contributed by atoms with Crippen LogP contribution in [-0.2, 0) is 6.54 Å². The number of ether oxygens (including phenoxy) is 1. The molecule has 0 aliphatic rings. The van der Waals surface area contributed by atoms with Gasteiger partial charge in [0, 0.05) is 28.8 Å². The Morgan fingerprint density at radius 3 is 2.46 bits per heavy atom. The monoisotopic (exact) mass is 397 g/mol. The Morgan fingerprint density at radius 2 is 1.79 bits per heavy atom. The van der Waals surface area contributed by atoms with E-state index < -0.39 is 0 Å². The maximum Gasteiger partial charge on any atom is 0.266 e. The summed E-state index contributed by atoms with van der Waals surface area (Å²) in [4.78, 5) is 24.3. The third kappa shape index (κ3) is 4.98. The van der Waals surface area contributed by atoms with Crippen LogP contribution < -0.4 is 15.6 Å². The van der Waals surface area contributed by atoms with E-state index in [9.17, 15) is 9.59 Å². The molecule has 1 aromatic heterocycles. The molecule has 3 rings (SSSR count). The molecule has 1 amide bonds. The second-order valence-electron chi connectivity index (χ2n) is 6.00. The van der Waals surface area contributed by atoms with Gasteiger partial charge in [-0.2, -0.15) is 5.10 Å². The first-order valence-corrected chi connectivity index (χ1v) is 9.30. The first-order chi connectivity index (χ1) is 13.6. The van der Waals surface area contributed by atoms with Gasteiger partial charge in [0.1, 0.15) is 5.75 Å². The number of nitrogens with zero attached hydrogens (tertiary/aromatic N) is 2. The van der Waals surface area contributed by atoms with Crippen LogP contribution in [0, 0.1) is 0 Å². The quantitative estimate of drug-likeness (QED) is 0.663. The van der Waals surface area contributed by atoms with Crippen molar-refractivity contribution in [2.24, 2.45) is 0 Å². The van der Waals surface area contributed by atoms with Crippen molar-refractivity contribution in [2.75, 3.05) is 13.2 Å². The molecular formula is C21H20ClN3O3. The van der Waals surface area contributed by atoms with E-state index in [0.717, 1.165) is 5.56 Å². The Hall–Kier alpha value is -3.12. The van der Waals surface area contributed by atoms with Gasteiger partial charge in [0.2, 0.25) is 0 Å². The highest BCUT2D eigenvalue weighted by Gasteiger charge is 2.07. The Morgan fingerprint density at radius 1 is 1.07 bits per heavy atom. The standard InChI is InChI=1S/C21H20ClN3O3/c1-2-28-18-9-5-16(6-10-18)21(27)23-13-14-25-20(26)12-11-19(24-25)15-3-7-17(22)8-4-15/h3-12H,2,13-14H2,1H3,(H,23,27). The Balaban J connectivity index is 1.62. The highest BCUT2D eigenvalue weighted by molar-refractivity contribution is 6.30. The van der Waals surface area contributed by atoms with Gasteiger partial charge in [0.25, 0.3) is 11.5 Å². The number of hydrogen-bond acceptors (Lipinski definition) is 4. The third-order valence-electron chi connectivity index (χ3n) is 4.04. The van der Waals surface area contributed by atoms with E-state index in [0.29, 0.717) is 28.6 Å². The molecular weight excluding hydrogens is 378 g/mol. The van der Waals surface area contributed by atoms with Gasteiger partial charge in [-0.3, -0.25) is 9.59 Å². The summed E-state index contributed by atoms with van der Waals surface area (Å²) in [5.41, 5.74) is 1.82. The lowest BCUT2D eigenvalue weighted by Crippen LogP contribution is -2.31. The van der Waals surface area contributed by atoms with Crippen molar-refractivity contribution < 1.29 is 9.53 Å². The maximum atomic E-state index is 12.2. The number of hydrogen-bond donors (Lipinski definition) is 1. The predicted molar refractivity (Wildman–Crippen MR) is 109 cm³/mol. The number of halogens is 1. The minimum Gasteiger partial charge on any atom is -0.494 e. The fourth-order valence-electron chi connectivity index (χ4n) is 2.63. The van der Waals surface area contributed by atoms with Gasteiger partial charge < -0.3 is 10.1 Å². The molecule has 7 heteroatoms. The van der Waals surface area contributed by atoms with Crippen LogP contribution in [0.5, 0.6) is 5.75 Å². The predicted octanol–water partition coefficient (Wildman–Crippen LogP) is 3.39. The number of benzene rings is 2. The highest BCUT2D eigenvalue weighted by Crippen LogP contribution is 2.18. The second-order valence-corrected chi connectivity index (χ2v) is 6.44. The molecule has 0 saturated heterocycles.